The van der Waals surface area contributed by atoms with Gasteiger partial charge >= 0.3 is 0 Å². The SMILES string of the molecule is Cc1cc(O)c(C)c(N(c2ccccc2Oc2ccc(O)c(C)c2C)c2cc(C)cc(O)c2C)c1. The van der Waals surface area contributed by atoms with Crippen LogP contribution in [0.25, 0.3) is 0 Å². The molecule has 0 spiro atoms. The predicted molar refractivity (Wildman–Crippen MR) is 141 cm³/mol. The molecule has 5 heteroatoms. The van der Waals surface area contributed by atoms with Gasteiger partial charge in [0, 0.05) is 11.1 Å². The van der Waals surface area contributed by atoms with Crippen LogP contribution in [0.2, 0.25) is 0 Å². The molecule has 4 aromatic rings. The van der Waals surface area contributed by atoms with Crippen LogP contribution < -0.4 is 9.64 Å². The smallest absolute Gasteiger partial charge is 0.151 e. The molecular formula is C30H31NO4. The number of phenolic OH excluding ortho intramolecular Hbond substituents is 3. The Hall–Kier alpha value is -4.12. The first-order chi connectivity index (χ1) is 16.6. The van der Waals surface area contributed by atoms with Crippen molar-refractivity contribution in [3.05, 3.63) is 94.0 Å². The van der Waals surface area contributed by atoms with E-state index in [4.69, 9.17) is 4.74 Å². The molecule has 0 aromatic heterocycles. The van der Waals surface area contributed by atoms with E-state index >= 15 is 0 Å². The Labute approximate surface area is 206 Å². The highest BCUT2D eigenvalue weighted by Crippen LogP contribution is 2.47. The first-order valence-electron chi connectivity index (χ1n) is 11.5. The highest BCUT2D eigenvalue weighted by Gasteiger charge is 2.23. The normalized spacial score (nSPS) is 10.9. The van der Waals surface area contributed by atoms with E-state index in [1.807, 2.05) is 82.8 Å². The standard InChI is InChI=1S/C30H31NO4/c1-17-13-24(21(5)27(33)15-17)31(25-14-18(2)16-28(34)22(25)6)23-9-7-8-10-30(23)35-29-12-11-26(32)19(3)20(29)4/h7-16,32-34H,1-6H3. The van der Waals surface area contributed by atoms with Gasteiger partial charge in [0.1, 0.15) is 23.0 Å². The molecule has 3 N–H and O–H groups in total. The third-order valence-corrected chi connectivity index (χ3v) is 6.51. The molecule has 0 saturated heterocycles. The monoisotopic (exact) mass is 469 g/mol. The highest BCUT2D eigenvalue weighted by molar-refractivity contribution is 5.85. The van der Waals surface area contributed by atoms with Gasteiger partial charge in [0.05, 0.1) is 17.1 Å². The number of para-hydroxylation sites is 2. The zero-order valence-electron chi connectivity index (χ0n) is 21.0. The third kappa shape index (κ3) is 4.50. The first kappa shape index (κ1) is 24.0. The van der Waals surface area contributed by atoms with Gasteiger partial charge in [-0.3, -0.25) is 0 Å². The van der Waals surface area contributed by atoms with Crippen LogP contribution in [-0.2, 0) is 0 Å². The molecule has 0 aliphatic heterocycles. The summed E-state index contributed by atoms with van der Waals surface area (Å²) in [7, 11) is 0. The van der Waals surface area contributed by atoms with Crippen molar-refractivity contribution in [2.75, 3.05) is 4.90 Å². The number of benzene rings is 4. The lowest BCUT2D eigenvalue weighted by atomic mass is 10.0. The molecule has 5 nitrogen and oxygen atoms in total. The number of aromatic hydroxyl groups is 3. The van der Waals surface area contributed by atoms with Crippen molar-refractivity contribution in [3.8, 4) is 28.7 Å². The number of hydrogen-bond donors (Lipinski definition) is 3. The summed E-state index contributed by atoms with van der Waals surface area (Å²) in [5.41, 5.74) is 7.16. The Kier molecular flexibility index (Phi) is 6.35. The van der Waals surface area contributed by atoms with Crippen molar-refractivity contribution >= 4 is 17.1 Å². The van der Waals surface area contributed by atoms with Crippen molar-refractivity contribution in [2.24, 2.45) is 0 Å². The van der Waals surface area contributed by atoms with Crippen LogP contribution in [0.5, 0.6) is 28.7 Å². The summed E-state index contributed by atoms with van der Waals surface area (Å²) in [5.74, 6) is 1.86. The molecule has 0 amide bonds. The minimum Gasteiger partial charge on any atom is -0.508 e. The van der Waals surface area contributed by atoms with E-state index in [1.54, 1.807) is 24.3 Å². The van der Waals surface area contributed by atoms with Crippen molar-refractivity contribution in [1.82, 2.24) is 0 Å². The largest absolute Gasteiger partial charge is 0.508 e. The summed E-state index contributed by atoms with van der Waals surface area (Å²) in [6, 6.07) is 18.6. The maximum absolute atomic E-state index is 10.7. The van der Waals surface area contributed by atoms with E-state index in [9.17, 15) is 15.3 Å². The number of ether oxygens (including phenoxy) is 1. The average molecular weight is 470 g/mol. The van der Waals surface area contributed by atoms with Crippen LogP contribution >= 0.6 is 0 Å². The summed E-state index contributed by atoms with van der Waals surface area (Å²) >= 11 is 0. The predicted octanol–water partition coefficient (Wildman–Crippen LogP) is 7.92. The quantitative estimate of drug-likeness (QED) is 0.277. The summed E-state index contributed by atoms with van der Waals surface area (Å²) in [6.07, 6.45) is 0. The molecule has 0 fully saturated rings. The number of anilines is 3. The van der Waals surface area contributed by atoms with Crippen LogP contribution in [-0.4, -0.2) is 15.3 Å². The van der Waals surface area contributed by atoms with Crippen molar-refractivity contribution in [3.63, 3.8) is 0 Å². The molecule has 180 valence electrons. The lowest BCUT2D eigenvalue weighted by Gasteiger charge is -2.31. The second-order valence-electron chi connectivity index (χ2n) is 9.09. The number of aryl methyl sites for hydroxylation is 2. The molecule has 0 saturated carbocycles. The fourth-order valence-electron chi connectivity index (χ4n) is 4.23. The second-order valence-corrected chi connectivity index (χ2v) is 9.09. The van der Waals surface area contributed by atoms with Gasteiger partial charge in [0.2, 0.25) is 0 Å². The van der Waals surface area contributed by atoms with Gasteiger partial charge < -0.3 is 25.0 Å². The Morgan fingerprint density at radius 1 is 0.514 bits per heavy atom. The number of phenols is 3. The third-order valence-electron chi connectivity index (χ3n) is 6.51. The Morgan fingerprint density at radius 2 is 1.06 bits per heavy atom. The van der Waals surface area contributed by atoms with E-state index in [2.05, 4.69) is 0 Å². The van der Waals surface area contributed by atoms with Gasteiger partial charge in [-0.25, -0.2) is 0 Å². The minimum atomic E-state index is 0.197. The maximum atomic E-state index is 10.7. The van der Waals surface area contributed by atoms with Gasteiger partial charge in [-0.1, -0.05) is 12.1 Å². The molecule has 0 bridgehead atoms. The van der Waals surface area contributed by atoms with Crippen LogP contribution in [0.4, 0.5) is 17.1 Å². The van der Waals surface area contributed by atoms with E-state index in [0.29, 0.717) is 22.6 Å². The van der Waals surface area contributed by atoms with Crippen LogP contribution in [0.3, 0.4) is 0 Å². The minimum absolute atomic E-state index is 0.197. The fourth-order valence-corrected chi connectivity index (χ4v) is 4.23. The average Bonchev–Trinajstić information content (AvgIpc) is 2.81. The Morgan fingerprint density at radius 3 is 1.63 bits per heavy atom. The summed E-state index contributed by atoms with van der Waals surface area (Å²) in [5, 5.41) is 31.4. The van der Waals surface area contributed by atoms with Crippen molar-refractivity contribution in [1.29, 1.82) is 0 Å². The highest BCUT2D eigenvalue weighted by atomic mass is 16.5. The van der Waals surface area contributed by atoms with E-state index in [1.165, 1.54) is 0 Å². The van der Waals surface area contributed by atoms with E-state index < -0.39 is 0 Å². The van der Waals surface area contributed by atoms with Crippen molar-refractivity contribution in [2.45, 2.75) is 41.5 Å². The van der Waals surface area contributed by atoms with Crippen LogP contribution in [0, 0.1) is 41.5 Å². The Balaban J connectivity index is 1.99. The molecule has 4 rings (SSSR count). The lowest BCUT2D eigenvalue weighted by Crippen LogP contribution is -2.14. The Bertz CT molecular complexity index is 1370. The zero-order valence-corrected chi connectivity index (χ0v) is 21.0. The number of nitrogens with zero attached hydrogens (tertiary/aromatic N) is 1. The second kappa shape index (κ2) is 9.26. The molecule has 0 heterocycles. The summed E-state index contributed by atoms with van der Waals surface area (Å²) in [6.45, 7) is 11.4. The molecule has 0 unspecified atom stereocenters. The van der Waals surface area contributed by atoms with Gasteiger partial charge in [-0.2, -0.15) is 0 Å². The molecule has 0 radical (unpaired) electrons. The van der Waals surface area contributed by atoms with E-state index in [0.717, 1.165) is 39.3 Å². The maximum Gasteiger partial charge on any atom is 0.151 e. The topological polar surface area (TPSA) is 73.2 Å². The summed E-state index contributed by atoms with van der Waals surface area (Å²) in [4.78, 5) is 2.02. The lowest BCUT2D eigenvalue weighted by molar-refractivity contribution is 0.458. The van der Waals surface area contributed by atoms with Crippen LogP contribution in [0.15, 0.2) is 60.7 Å². The van der Waals surface area contributed by atoms with E-state index in [-0.39, 0.29) is 17.2 Å². The molecule has 0 aliphatic carbocycles. The number of hydrogen-bond acceptors (Lipinski definition) is 5. The molecule has 35 heavy (non-hydrogen) atoms. The van der Waals surface area contributed by atoms with Crippen LogP contribution in [0.1, 0.15) is 33.4 Å². The van der Waals surface area contributed by atoms with Gasteiger partial charge in [0.25, 0.3) is 0 Å². The summed E-state index contributed by atoms with van der Waals surface area (Å²) < 4.78 is 6.42. The molecule has 0 atom stereocenters. The van der Waals surface area contributed by atoms with Crippen molar-refractivity contribution < 1.29 is 20.1 Å². The fraction of sp³-hybridized carbons (Fsp3) is 0.200. The van der Waals surface area contributed by atoms with Gasteiger partial charge in [-0.05, 0) is 112 Å². The molecule has 0 aliphatic rings. The zero-order chi connectivity index (χ0) is 25.4. The molecule has 4 aromatic carbocycles. The molecular weight excluding hydrogens is 438 g/mol. The first-order valence-corrected chi connectivity index (χ1v) is 11.5. The van der Waals surface area contributed by atoms with Gasteiger partial charge in [0.15, 0.2) is 5.75 Å². The van der Waals surface area contributed by atoms with Gasteiger partial charge in [-0.15, -0.1) is 0 Å². The number of rotatable bonds is 5.